The van der Waals surface area contributed by atoms with Gasteiger partial charge in [0.1, 0.15) is 12.2 Å². The fraction of sp³-hybridized carbons (Fsp3) is 0.208. The fourth-order valence-electron chi connectivity index (χ4n) is 3.39. The first-order chi connectivity index (χ1) is 15.2. The minimum atomic E-state index is -4.44. The van der Waals surface area contributed by atoms with Gasteiger partial charge in [0.25, 0.3) is 0 Å². The molecular formula is C24H20F3N5. The highest BCUT2D eigenvalue weighted by Crippen LogP contribution is 2.33. The summed E-state index contributed by atoms with van der Waals surface area (Å²) in [6.07, 6.45) is 0.244. The second kappa shape index (κ2) is 8.44. The normalized spacial score (nSPS) is 11.6. The number of rotatable bonds is 3. The van der Waals surface area contributed by atoms with E-state index in [0.29, 0.717) is 34.6 Å². The zero-order valence-corrected chi connectivity index (χ0v) is 17.7. The van der Waals surface area contributed by atoms with Crippen LogP contribution in [-0.4, -0.2) is 38.9 Å². The van der Waals surface area contributed by atoms with Crippen molar-refractivity contribution in [2.75, 3.05) is 14.1 Å². The molecule has 0 unspecified atom stereocenters. The van der Waals surface area contributed by atoms with Crippen molar-refractivity contribution in [1.29, 1.82) is 0 Å². The minimum Gasteiger partial charge on any atom is -0.338 e. The van der Waals surface area contributed by atoms with Gasteiger partial charge in [-0.05, 0) is 62.5 Å². The lowest BCUT2D eigenvalue weighted by molar-refractivity contribution is -0.137. The molecule has 4 aromatic rings. The number of nitrogens with one attached hydrogen (secondary N) is 1. The molecule has 0 aliphatic carbocycles. The van der Waals surface area contributed by atoms with Crippen molar-refractivity contribution >= 4 is 11.0 Å². The topological polar surface area (TPSA) is 57.7 Å². The van der Waals surface area contributed by atoms with Crippen LogP contribution < -0.4 is 0 Å². The quantitative estimate of drug-likeness (QED) is 0.470. The van der Waals surface area contributed by atoms with Crippen molar-refractivity contribution in [3.63, 3.8) is 0 Å². The van der Waals surface area contributed by atoms with Gasteiger partial charge in [0.2, 0.25) is 0 Å². The van der Waals surface area contributed by atoms with Crippen LogP contribution in [0.3, 0.4) is 0 Å². The molecular weight excluding hydrogens is 415 g/mol. The highest BCUT2D eigenvalue weighted by molar-refractivity contribution is 5.82. The maximum Gasteiger partial charge on any atom is 0.416 e. The lowest BCUT2D eigenvalue weighted by Crippen LogP contribution is -2.12. The van der Waals surface area contributed by atoms with Crippen LogP contribution in [-0.2, 0) is 12.7 Å². The smallest absolute Gasteiger partial charge is 0.338 e. The van der Waals surface area contributed by atoms with Crippen LogP contribution in [0.2, 0.25) is 0 Å². The van der Waals surface area contributed by atoms with Gasteiger partial charge in [-0.3, -0.25) is 0 Å². The average molecular weight is 435 g/mol. The number of aromatic nitrogens is 4. The Hall–Kier alpha value is -3.70. The number of nitrogens with zero attached hydrogens (tertiary/aromatic N) is 4. The summed E-state index contributed by atoms with van der Waals surface area (Å²) in [6, 6.07) is 7.76. The van der Waals surface area contributed by atoms with E-state index in [1.54, 1.807) is 18.5 Å². The lowest BCUT2D eigenvalue weighted by atomic mass is 10.0. The number of aryl methyl sites for hydroxylation is 1. The SMILES string of the molecule is Cc1cc2[nH]c(-c3cc(CN(C)C)cc(C(F)(F)F)c3)nc2cc1C#Cc1cncnc1. The summed E-state index contributed by atoms with van der Waals surface area (Å²) in [5, 5.41) is 0. The number of alkyl halides is 3. The van der Waals surface area contributed by atoms with Gasteiger partial charge in [0.05, 0.1) is 22.2 Å². The summed E-state index contributed by atoms with van der Waals surface area (Å²) in [4.78, 5) is 17.4. The molecule has 0 atom stereocenters. The van der Waals surface area contributed by atoms with Gasteiger partial charge >= 0.3 is 6.18 Å². The summed E-state index contributed by atoms with van der Waals surface area (Å²) in [5.41, 5.74) is 4.01. The van der Waals surface area contributed by atoms with E-state index in [1.807, 2.05) is 38.1 Å². The molecule has 0 amide bonds. The Labute approximate surface area is 183 Å². The molecule has 8 heteroatoms. The molecule has 0 spiro atoms. The molecule has 0 bridgehead atoms. The predicted octanol–water partition coefficient (Wildman–Crippen LogP) is 4.81. The number of imidazole rings is 1. The molecule has 4 rings (SSSR count). The third kappa shape index (κ3) is 4.79. The zero-order valence-electron chi connectivity index (χ0n) is 17.7. The molecule has 1 N–H and O–H groups in total. The molecule has 2 heterocycles. The van der Waals surface area contributed by atoms with Crippen LogP contribution in [0, 0.1) is 18.8 Å². The summed E-state index contributed by atoms with van der Waals surface area (Å²) < 4.78 is 40.4. The zero-order chi connectivity index (χ0) is 22.9. The van der Waals surface area contributed by atoms with Crippen LogP contribution in [0.25, 0.3) is 22.4 Å². The number of fused-ring (bicyclic) bond motifs is 1. The Balaban J connectivity index is 1.77. The Morgan fingerprint density at radius 1 is 1.00 bits per heavy atom. The third-order valence-electron chi connectivity index (χ3n) is 4.82. The summed E-state index contributed by atoms with van der Waals surface area (Å²) in [7, 11) is 3.63. The molecule has 0 radical (unpaired) electrons. The molecule has 162 valence electrons. The monoisotopic (exact) mass is 435 g/mol. The van der Waals surface area contributed by atoms with Gasteiger partial charge in [-0.1, -0.05) is 11.8 Å². The molecule has 0 saturated carbocycles. The Kier molecular flexibility index (Phi) is 5.68. The highest BCUT2D eigenvalue weighted by Gasteiger charge is 2.31. The van der Waals surface area contributed by atoms with Crippen molar-refractivity contribution in [2.24, 2.45) is 0 Å². The van der Waals surface area contributed by atoms with Crippen molar-refractivity contribution in [3.8, 4) is 23.2 Å². The number of aromatic amines is 1. The Morgan fingerprint density at radius 3 is 2.44 bits per heavy atom. The van der Waals surface area contributed by atoms with Crippen LogP contribution in [0.1, 0.15) is 27.8 Å². The van der Waals surface area contributed by atoms with Gasteiger partial charge in [0, 0.05) is 30.1 Å². The number of benzene rings is 2. The molecule has 0 saturated heterocycles. The van der Waals surface area contributed by atoms with Crippen molar-refractivity contribution in [2.45, 2.75) is 19.6 Å². The van der Waals surface area contributed by atoms with Crippen LogP contribution >= 0.6 is 0 Å². The summed E-state index contributed by atoms with van der Waals surface area (Å²) in [6.45, 7) is 2.31. The number of hydrogen-bond donors (Lipinski definition) is 1. The summed E-state index contributed by atoms with van der Waals surface area (Å²) in [5.74, 6) is 6.49. The average Bonchev–Trinajstić information content (AvgIpc) is 3.14. The van der Waals surface area contributed by atoms with Gasteiger partial charge in [-0.15, -0.1) is 0 Å². The third-order valence-corrected chi connectivity index (χ3v) is 4.82. The number of halogens is 3. The van der Waals surface area contributed by atoms with E-state index in [9.17, 15) is 13.2 Å². The standard InChI is InChI=1S/C24H20F3N5/c1-15-6-21-22(10-18(15)5-4-16-11-28-14-29-12-16)31-23(30-21)19-7-17(13-32(2)3)8-20(9-19)24(25,26)27/h6-12,14H,13H2,1-3H3,(H,30,31). The highest BCUT2D eigenvalue weighted by atomic mass is 19.4. The largest absolute Gasteiger partial charge is 0.416 e. The van der Waals surface area contributed by atoms with E-state index in [2.05, 4.69) is 31.8 Å². The first kappa shape index (κ1) is 21.5. The van der Waals surface area contributed by atoms with E-state index in [4.69, 9.17) is 0 Å². The lowest BCUT2D eigenvalue weighted by Gasteiger charge is -2.14. The van der Waals surface area contributed by atoms with Crippen LogP contribution in [0.15, 0.2) is 49.1 Å². The molecule has 0 fully saturated rings. The van der Waals surface area contributed by atoms with Crippen LogP contribution in [0.4, 0.5) is 13.2 Å². The molecule has 2 aromatic carbocycles. The van der Waals surface area contributed by atoms with Gasteiger partial charge in [-0.2, -0.15) is 13.2 Å². The minimum absolute atomic E-state index is 0.382. The van der Waals surface area contributed by atoms with E-state index in [1.165, 1.54) is 12.4 Å². The number of hydrogen-bond acceptors (Lipinski definition) is 4. The fourth-order valence-corrected chi connectivity index (χ4v) is 3.39. The van der Waals surface area contributed by atoms with Gasteiger partial charge in [-0.25, -0.2) is 15.0 Å². The van der Waals surface area contributed by atoms with Crippen molar-refractivity contribution in [1.82, 2.24) is 24.8 Å². The molecule has 32 heavy (non-hydrogen) atoms. The maximum absolute atomic E-state index is 13.5. The second-order valence-corrected chi connectivity index (χ2v) is 7.80. The van der Waals surface area contributed by atoms with Crippen molar-refractivity contribution in [3.05, 3.63) is 76.9 Å². The first-order valence-electron chi connectivity index (χ1n) is 9.83. The van der Waals surface area contributed by atoms with E-state index in [-0.39, 0.29) is 0 Å². The Bertz CT molecular complexity index is 1330. The first-order valence-corrected chi connectivity index (χ1v) is 9.83. The summed E-state index contributed by atoms with van der Waals surface area (Å²) >= 11 is 0. The second-order valence-electron chi connectivity index (χ2n) is 7.80. The van der Waals surface area contributed by atoms with E-state index in [0.717, 1.165) is 22.7 Å². The Morgan fingerprint density at radius 2 is 1.75 bits per heavy atom. The van der Waals surface area contributed by atoms with Crippen LogP contribution in [0.5, 0.6) is 0 Å². The molecule has 0 aliphatic heterocycles. The van der Waals surface area contributed by atoms with Gasteiger partial charge in [0.15, 0.2) is 0 Å². The molecule has 0 aliphatic rings. The van der Waals surface area contributed by atoms with E-state index < -0.39 is 11.7 Å². The molecule has 5 nitrogen and oxygen atoms in total. The maximum atomic E-state index is 13.5. The molecule has 2 aromatic heterocycles. The van der Waals surface area contributed by atoms with E-state index >= 15 is 0 Å². The van der Waals surface area contributed by atoms with Crippen molar-refractivity contribution < 1.29 is 13.2 Å². The predicted molar refractivity (Wildman–Crippen MR) is 117 cm³/mol. The van der Waals surface area contributed by atoms with Gasteiger partial charge < -0.3 is 9.88 Å². The number of H-pyrrole nitrogens is 1.